The van der Waals surface area contributed by atoms with Crippen LogP contribution in [0.5, 0.6) is 5.88 Å². The van der Waals surface area contributed by atoms with Gasteiger partial charge in [-0.05, 0) is 49.7 Å². The van der Waals surface area contributed by atoms with E-state index in [2.05, 4.69) is 14.9 Å². The smallest absolute Gasteiger partial charge is 0.261 e. The summed E-state index contributed by atoms with van der Waals surface area (Å²) in [7, 11) is -3.65. The van der Waals surface area contributed by atoms with Crippen LogP contribution in [0.3, 0.4) is 0 Å². The average molecular weight is 369 g/mol. The second-order valence-corrected chi connectivity index (χ2v) is 7.38. The van der Waals surface area contributed by atoms with E-state index in [0.29, 0.717) is 23.9 Å². The third kappa shape index (κ3) is 4.18. The Morgan fingerprint density at radius 2 is 1.81 bits per heavy atom. The number of aryl methyl sites for hydroxylation is 1. The molecule has 0 aliphatic rings. The Morgan fingerprint density at radius 3 is 2.50 bits per heavy atom. The maximum Gasteiger partial charge on any atom is 0.261 e. The second kappa shape index (κ2) is 7.53. The summed E-state index contributed by atoms with van der Waals surface area (Å²) in [5, 5.41) is 8.12. The monoisotopic (exact) mass is 369 g/mol. The number of hydrogen-bond donors (Lipinski definition) is 1. The van der Waals surface area contributed by atoms with E-state index < -0.39 is 10.0 Å². The van der Waals surface area contributed by atoms with Gasteiger partial charge in [0.1, 0.15) is 0 Å². The summed E-state index contributed by atoms with van der Waals surface area (Å²) < 4.78 is 33.0. The predicted molar refractivity (Wildman–Crippen MR) is 101 cm³/mol. The number of rotatable bonds is 6. The van der Waals surface area contributed by atoms with Gasteiger partial charge >= 0.3 is 0 Å². The van der Waals surface area contributed by atoms with Crippen LogP contribution in [0.15, 0.2) is 65.6 Å². The molecular weight excluding hydrogens is 350 g/mol. The van der Waals surface area contributed by atoms with Gasteiger partial charge in [-0.3, -0.25) is 4.72 Å². The molecule has 1 heterocycles. The lowest BCUT2D eigenvalue weighted by Gasteiger charge is -2.10. The van der Waals surface area contributed by atoms with Crippen LogP contribution in [0, 0.1) is 6.92 Å². The average Bonchev–Trinajstić information content (AvgIpc) is 2.62. The molecule has 3 aromatic rings. The van der Waals surface area contributed by atoms with Gasteiger partial charge in [-0.15, -0.1) is 10.2 Å². The highest BCUT2D eigenvalue weighted by atomic mass is 32.2. The Morgan fingerprint density at radius 1 is 1.00 bits per heavy atom. The molecule has 0 amide bonds. The van der Waals surface area contributed by atoms with E-state index in [4.69, 9.17) is 4.74 Å². The van der Waals surface area contributed by atoms with Crippen molar-refractivity contribution in [1.29, 1.82) is 0 Å². The molecule has 6 nitrogen and oxygen atoms in total. The minimum absolute atomic E-state index is 0.226. The number of anilines is 1. The second-order valence-electron chi connectivity index (χ2n) is 5.69. The largest absolute Gasteiger partial charge is 0.477 e. The predicted octanol–water partition coefficient (Wildman–Crippen LogP) is 3.65. The van der Waals surface area contributed by atoms with Crippen LogP contribution in [0.2, 0.25) is 0 Å². The first-order chi connectivity index (χ1) is 12.5. The molecule has 0 radical (unpaired) electrons. The van der Waals surface area contributed by atoms with Gasteiger partial charge in [0.15, 0.2) is 0 Å². The molecular formula is C19H19N3O3S. The first-order valence-corrected chi connectivity index (χ1v) is 9.63. The fraction of sp³-hybridized carbons (Fsp3) is 0.158. The van der Waals surface area contributed by atoms with Crippen LogP contribution in [-0.2, 0) is 10.0 Å². The van der Waals surface area contributed by atoms with Gasteiger partial charge in [0.25, 0.3) is 10.0 Å². The minimum atomic E-state index is -3.65. The Labute approximate surface area is 152 Å². The van der Waals surface area contributed by atoms with Crippen molar-refractivity contribution in [2.24, 2.45) is 0 Å². The number of ether oxygens (including phenoxy) is 1. The summed E-state index contributed by atoms with van der Waals surface area (Å²) in [6.45, 7) is 4.24. The van der Waals surface area contributed by atoms with Crippen molar-refractivity contribution in [3.63, 3.8) is 0 Å². The normalized spacial score (nSPS) is 11.2. The van der Waals surface area contributed by atoms with Crippen LogP contribution < -0.4 is 9.46 Å². The van der Waals surface area contributed by atoms with Crippen LogP contribution in [-0.4, -0.2) is 25.2 Å². The zero-order valence-corrected chi connectivity index (χ0v) is 15.3. The molecule has 0 aliphatic heterocycles. The highest BCUT2D eigenvalue weighted by Gasteiger charge is 2.14. The van der Waals surface area contributed by atoms with Crippen molar-refractivity contribution in [2.75, 3.05) is 11.3 Å². The highest BCUT2D eigenvalue weighted by Crippen LogP contribution is 2.23. The highest BCUT2D eigenvalue weighted by molar-refractivity contribution is 7.92. The van der Waals surface area contributed by atoms with E-state index in [1.165, 1.54) is 0 Å². The third-order valence-electron chi connectivity index (χ3n) is 3.64. The Bertz CT molecular complexity index is 1000. The molecule has 3 rings (SSSR count). The fourth-order valence-electron chi connectivity index (χ4n) is 2.44. The van der Waals surface area contributed by atoms with Gasteiger partial charge in [-0.2, -0.15) is 0 Å². The van der Waals surface area contributed by atoms with E-state index >= 15 is 0 Å². The molecule has 134 valence electrons. The number of sulfonamides is 1. The minimum Gasteiger partial charge on any atom is -0.477 e. The van der Waals surface area contributed by atoms with Crippen molar-refractivity contribution < 1.29 is 13.2 Å². The number of nitrogens with zero attached hydrogens (tertiary/aromatic N) is 2. The Hall–Kier alpha value is -2.93. The van der Waals surface area contributed by atoms with E-state index in [-0.39, 0.29) is 4.90 Å². The number of benzene rings is 2. The first-order valence-electron chi connectivity index (χ1n) is 8.14. The molecule has 26 heavy (non-hydrogen) atoms. The quantitative estimate of drug-likeness (QED) is 0.717. The first kappa shape index (κ1) is 17.9. The molecule has 0 saturated carbocycles. The molecule has 0 aliphatic carbocycles. The molecule has 0 bridgehead atoms. The van der Waals surface area contributed by atoms with E-state index in [1.54, 1.807) is 48.5 Å². The van der Waals surface area contributed by atoms with Crippen LogP contribution in [0.25, 0.3) is 11.3 Å². The number of aromatic nitrogens is 2. The van der Waals surface area contributed by atoms with Gasteiger partial charge in [0.05, 0.1) is 17.2 Å². The summed E-state index contributed by atoms with van der Waals surface area (Å²) in [5.74, 6) is 0.451. The SMILES string of the molecule is CCOc1ccc(-c2cccc(NS(=O)(=O)c3cccc(C)c3)c2)nn1. The fourth-order valence-corrected chi connectivity index (χ4v) is 3.59. The van der Waals surface area contributed by atoms with Gasteiger partial charge in [-0.25, -0.2) is 8.42 Å². The molecule has 0 unspecified atom stereocenters. The zero-order valence-electron chi connectivity index (χ0n) is 14.5. The van der Waals surface area contributed by atoms with Crippen LogP contribution >= 0.6 is 0 Å². The van der Waals surface area contributed by atoms with Crippen molar-refractivity contribution in [3.05, 3.63) is 66.2 Å². The van der Waals surface area contributed by atoms with E-state index in [9.17, 15) is 8.42 Å². The molecule has 0 saturated heterocycles. The van der Waals surface area contributed by atoms with Crippen molar-refractivity contribution >= 4 is 15.7 Å². The van der Waals surface area contributed by atoms with Gasteiger partial charge < -0.3 is 4.74 Å². The van der Waals surface area contributed by atoms with Crippen LogP contribution in [0.4, 0.5) is 5.69 Å². The lowest BCUT2D eigenvalue weighted by molar-refractivity contribution is 0.323. The summed E-state index contributed by atoms with van der Waals surface area (Å²) >= 11 is 0. The van der Waals surface area contributed by atoms with E-state index in [1.807, 2.05) is 26.0 Å². The number of hydrogen-bond acceptors (Lipinski definition) is 5. The van der Waals surface area contributed by atoms with Crippen LogP contribution in [0.1, 0.15) is 12.5 Å². The number of nitrogens with one attached hydrogen (secondary N) is 1. The van der Waals surface area contributed by atoms with E-state index in [0.717, 1.165) is 11.1 Å². The summed E-state index contributed by atoms with van der Waals surface area (Å²) in [6.07, 6.45) is 0. The standard InChI is InChI=1S/C19H19N3O3S/c1-3-25-19-11-10-18(20-21-19)15-7-5-8-16(13-15)22-26(23,24)17-9-4-6-14(2)12-17/h4-13,22H,3H2,1-2H3. The molecule has 1 N–H and O–H groups in total. The summed E-state index contributed by atoms with van der Waals surface area (Å²) in [5.41, 5.74) is 2.72. The Kier molecular flexibility index (Phi) is 5.18. The van der Waals surface area contributed by atoms with Crippen molar-refractivity contribution in [2.45, 2.75) is 18.7 Å². The lowest BCUT2D eigenvalue weighted by Crippen LogP contribution is -2.13. The molecule has 0 spiro atoms. The molecule has 0 atom stereocenters. The zero-order chi connectivity index (χ0) is 18.6. The van der Waals surface area contributed by atoms with Gasteiger partial charge in [0.2, 0.25) is 5.88 Å². The maximum atomic E-state index is 12.6. The van der Waals surface area contributed by atoms with Gasteiger partial charge in [0, 0.05) is 17.3 Å². The van der Waals surface area contributed by atoms with Gasteiger partial charge in [-0.1, -0.05) is 24.3 Å². The molecule has 1 aromatic heterocycles. The van der Waals surface area contributed by atoms with Crippen molar-refractivity contribution in [1.82, 2.24) is 10.2 Å². The van der Waals surface area contributed by atoms with Crippen molar-refractivity contribution in [3.8, 4) is 17.1 Å². The topological polar surface area (TPSA) is 81.2 Å². The third-order valence-corrected chi connectivity index (χ3v) is 5.02. The molecule has 7 heteroatoms. The lowest BCUT2D eigenvalue weighted by atomic mass is 10.1. The molecule has 2 aromatic carbocycles. The Balaban J connectivity index is 1.85. The maximum absolute atomic E-state index is 12.6. The molecule has 0 fully saturated rings. The summed E-state index contributed by atoms with van der Waals surface area (Å²) in [6, 6.07) is 17.3. The summed E-state index contributed by atoms with van der Waals surface area (Å²) in [4.78, 5) is 0.226.